The fraction of sp³-hybridized carbons (Fsp3) is 0.400. The number of benzene rings is 1. The molecule has 3 aliphatic carbocycles. The maximum absolute atomic E-state index is 13.2. The minimum atomic E-state index is -2.72. The summed E-state index contributed by atoms with van der Waals surface area (Å²) >= 11 is 0. The number of Topliss-reactive ketones (excluding diaryl/α,β-unsaturated/α-hetero) is 4. The quantitative estimate of drug-likeness (QED) is 0.440. The molecular formula is C20H17NO9. The Balaban J connectivity index is 1.84. The van der Waals surface area contributed by atoms with Gasteiger partial charge >= 0.3 is 5.97 Å². The van der Waals surface area contributed by atoms with Gasteiger partial charge < -0.3 is 21.1 Å². The van der Waals surface area contributed by atoms with Crippen LogP contribution < -0.4 is 5.73 Å². The van der Waals surface area contributed by atoms with Gasteiger partial charge in [-0.05, 0) is 36.5 Å². The van der Waals surface area contributed by atoms with Gasteiger partial charge in [0.15, 0.2) is 34.7 Å². The van der Waals surface area contributed by atoms with Gasteiger partial charge in [0.2, 0.25) is 5.91 Å². The number of carbonyl (C=O) groups is 6. The number of aromatic hydroxyl groups is 1. The van der Waals surface area contributed by atoms with Crippen LogP contribution in [0.1, 0.15) is 39.1 Å². The first-order valence-electron chi connectivity index (χ1n) is 9.25. The number of amides is 1. The molecule has 0 aromatic heterocycles. The number of carbonyl (C=O) groups excluding carboxylic acids is 5. The zero-order valence-electron chi connectivity index (χ0n) is 15.5. The number of rotatable bonds is 2. The second-order valence-electron chi connectivity index (χ2n) is 8.03. The molecule has 0 heterocycles. The minimum Gasteiger partial charge on any atom is -0.507 e. The molecule has 5 atom stereocenters. The zero-order chi connectivity index (χ0) is 22.1. The molecule has 0 bridgehead atoms. The van der Waals surface area contributed by atoms with Crippen molar-refractivity contribution in [3.05, 3.63) is 28.8 Å². The monoisotopic (exact) mass is 415 g/mol. The first-order chi connectivity index (χ1) is 14.0. The SMILES string of the molecule is NC(=O)C1C(=O)C[C@@H]2C[C@@H]3Cc4c(C(=O)O)ccc(O)c4C(=O)C3C(=O)[C@]2(O)C1=O. The fourth-order valence-electron chi connectivity index (χ4n) is 5.17. The lowest BCUT2D eigenvalue weighted by Crippen LogP contribution is -2.68. The number of carboxylic acids is 1. The molecule has 5 N–H and O–H groups in total. The molecule has 0 radical (unpaired) electrons. The van der Waals surface area contributed by atoms with Crippen molar-refractivity contribution in [1.29, 1.82) is 0 Å². The number of aliphatic hydroxyl groups is 1. The topological polar surface area (TPSA) is 189 Å². The third-order valence-corrected chi connectivity index (χ3v) is 6.52. The molecule has 2 unspecified atom stereocenters. The second kappa shape index (κ2) is 6.30. The van der Waals surface area contributed by atoms with Gasteiger partial charge in [0.05, 0.1) is 17.0 Å². The maximum atomic E-state index is 13.2. The number of fused-ring (bicyclic) bond motifs is 3. The molecule has 2 saturated carbocycles. The number of carboxylic acid groups (broad SMARTS) is 1. The van der Waals surface area contributed by atoms with Gasteiger partial charge in [-0.2, -0.15) is 0 Å². The summed E-state index contributed by atoms with van der Waals surface area (Å²) in [6, 6.07) is 2.18. The van der Waals surface area contributed by atoms with Crippen LogP contribution in [-0.2, 0) is 25.6 Å². The molecule has 1 amide bonds. The highest BCUT2D eigenvalue weighted by Crippen LogP contribution is 2.50. The van der Waals surface area contributed by atoms with Crippen LogP contribution in [0.5, 0.6) is 5.75 Å². The molecule has 2 fully saturated rings. The lowest BCUT2D eigenvalue weighted by Gasteiger charge is -2.48. The van der Waals surface area contributed by atoms with Crippen molar-refractivity contribution in [2.75, 3.05) is 0 Å². The highest BCUT2D eigenvalue weighted by atomic mass is 16.4. The van der Waals surface area contributed by atoms with Crippen LogP contribution in [0.4, 0.5) is 0 Å². The fourth-order valence-corrected chi connectivity index (χ4v) is 5.17. The normalized spacial score (nSPS) is 32.8. The summed E-state index contributed by atoms with van der Waals surface area (Å²) in [6.45, 7) is 0. The summed E-state index contributed by atoms with van der Waals surface area (Å²) < 4.78 is 0. The molecule has 4 rings (SSSR count). The van der Waals surface area contributed by atoms with E-state index in [9.17, 15) is 44.1 Å². The summed E-state index contributed by atoms with van der Waals surface area (Å²) in [5.74, 6) is -12.7. The van der Waals surface area contributed by atoms with E-state index in [1.807, 2.05) is 0 Å². The number of ketones is 4. The lowest BCUT2D eigenvalue weighted by atomic mass is 9.53. The van der Waals surface area contributed by atoms with Crippen LogP contribution in [0.15, 0.2) is 12.1 Å². The van der Waals surface area contributed by atoms with Crippen LogP contribution in [0.3, 0.4) is 0 Å². The van der Waals surface area contributed by atoms with Crippen LogP contribution >= 0.6 is 0 Å². The van der Waals surface area contributed by atoms with E-state index in [1.165, 1.54) is 0 Å². The Kier molecular flexibility index (Phi) is 4.18. The number of hydrogen-bond donors (Lipinski definition) is 4. The molecule has 0 aliphatic heterocycles. The van der Waals surface area contributed by atoms with Gasteiger partial charge in [-0.25, -0.2) is 4.79 Å². The second-order valence-corrected chi connectivity index (χ2v) is 8.03. The van der Waals surface area contributed by atoms with E-state index in [-0.39, 0.29) is 29.5 Å². The predicted molar refractivity (Wildman–Crippen MR) is 95.5 cm³/mol. The van der Waals surface area contributed by atoms with Crippen LogP contribution in [0, 0.1) is 23.7 Å². The molecule has 30 heavy (non-hydrogen) atoms. The first-order valence-corrected chi connectivity index (χ1v) is 9.25. The maximum Gasteiger partial charge on any atom is 0.335 e. The molecule has 0 spiro atoms. The van der Waals surface area contributed by atoms with Crippen molar-refractivity contribution in [3.8, 4) is 5.75 Å². The average molecular weight is 415 g/mol. The molecule has 3 aliphatic rings. The number of nitrogens with two attached hydrogens (primary N) is 1. The third kappa shape index (κ3) is 2.40. The first kappa shape index (κ1) is 19.9. The third-order valence-electron chi connectivity index (χ3n) is 6.52. The van der Waals surface area contributed by atoms with E-state index in [1.54, 1.807) is 0 Å². The number of primary amides is 1. The van der Waals surface area contributed by atoms with Crippen LogP contribution in [0.2, 0.25) is 0 Å². The molecule has 156 valence electrons. The summed E-state index contributed by atoms with van der Waals surface area (Å²) in [6.07, 6.45) is -0.602. The van der Waals surface area contributed by atoms with Crippen molar-refractivity contribution in [1.82, 2.24) is 0 Å². The molecule has 1 aromatic rings. The van der Waals surface area contributed by atoms with Gasteiger partial charge in [-0.15, -0.1) is 0 Å². The molecule has 0 saturated heterocycles. The van der Waals surface area contributed by atoms with E-state index in [0.29, 0.717) is 0 Å². The molecule has 10 nitrogen and oxygen atoms in total. The molecule has 1 aromatic carbocycles. The van der Waals surface area contributed by atoms with Gasteiger partial charge in [0, 0.05) is 12.3 Å². The van der Waals surface area contributed by atoms with Crippen molar-refractivity contribution >= 4 is 35.0 Å². The van der Waals surface area contributed by atoms with E-state index >= 15 is 0 Å². The van der Waals surface area contributed by atoms with Gasteiger partial charge in [-0.1, -0.05) is 0 Å². The average Bonchev–Trinajstić information content (AvgIpc) is 2.64. The smallest absolute Gasteiger partial charge is 0.335 e. The Morgan fingerprint density at radius 2 is 1.73 bits per heavy atom. The van der Waals surface area contributed by atoms with Crippen molar-refractivity contribution < 1.29 is 44.1 Å². The Hall–Kier alpha value is -3.40. The summed E-state index contributed by atoms with van der Waals surface area (Å²) in [5, 5.41) is 30.6. The molecule has 10 heteroatoms. The Morgan fingerprint density at radius 3 is 2.33 bits per heavy atom. The Morgan fingerprint density at radius 1 is 1.07 bits per heavy atom. The minimum absolute atomic E-state index is 0.0652. The van der Waals surface area contributed by atoms with Crippen LogP contribution in [-0.4, -0.2) is 55.9 Å². The van der Waals surface area contributed by atoms with Crippen molar-refractivity contribution in [2.45, 2.75) is 24.9 Å². The lowest BCUT2D eigenvalue weighted by molar-refractivity contribution is -0.175. The van der Waals surface area contributed by atoms with Gasteiger partial charge in [0.25, 0.3) is 0 Å². The highest BCUT2D eigenvalue weighted by molar-refractivity contribution is 6.31. The number of phenolic OH excluding ortho intramolecular Hbond substituents is 1. The largest absolute Gasteiger partial charge is 0.507 e. The number of phenols is 1. The van der Waals surface area contributed by atoms with Crippen molar-refractivity contribution in [2.24, 2.45) is 29.4 Å². The summed E-state index contributed by atoms with van der Waals surface area (Å²) in [7, 11) is 0. The summed E-state index contributed by atoms with van der Waals surface area (Å²) in [5.41, 5.74) is 1.91. The highest BCUT2D eigenvalue weighted by Gasteiger charge is 2.66. The number of aromatic carboxylic acids is 1. The number of hydrogen-bond acceptors (Lipinski definition) is 8. The van der Waals surface area contributed by atoms with Crippen molar-refractivity contribution in [3.63, 3.8) is 0 Å². The van der Waals surface area contributed by atoms with Gasteiger partial charge in [-0.3, -0.25) is 24.0 Å². The predicted octanol–water partition coefficient (Wildman–Crippen LogP) is -0.975. The van der Waals surface area contributed by atoms with E-state index < -0.39 is 76.5 Å². The Bertz CT molecular complexity index is 1070. The molecular weight excluding hydrogens is 398 g/mol. The zero-order valence-corrected chi connectivity index (χ0v) is 15.5. The van der Waals surface area contributed by atoms with E-state index in [0.717, 1.165) is 12.1 Å². The van der Waals surface area contributed by atoms with E-state index in [2.05, 4.69) is 0 Å². The Labute approximate surface area is 168 Å². The van der Waals surface area contributed by atoms with Crippen LogP contribution in [0.25, 0.3) is 0 Å². The summed E-state index contributed by atoms with van der Waals surface area (Å²) in [4.78, 5) is 74.4. The van der Waals surface area contributed by atoms with E-state index in [4.69, 9.17) is 5.73 Å². The van der Waals surface area contributed by atoms with Gasteiger partial charge in [0.1, 0.15) is 5.75 Å². The standard InChI is InChI=1S/C20H17NO9/c21-18(27)14-11(23)5-7-3-6-4-9-8(19(28)29)1-2-10(22)13(9)15(24)12(6)16(25)20(7,30)17(14)26/h1-2,6-7,12,14,22,30H,3-5H2,(H2,21,27)(H,28,29)/t6-,7+,12?,14?,20+/m1/s1.